The summed E-state index contributed by atoms with van der Waals surface area (Å²) in [7, 11) is 0. The number of aromatic nitrogens is 2. The van der Waals surface area contributed by atoms with Crippen molar-refractivity contribution in [2.75, 3.05) is 23.3 Å². The number of hydrogen-bond donors (Lipinski definition) is 1. The van der Waals surface area contributed by atoms with Crippen molar-refractivity contribution >= 4 is 23.4 Å². The van der Waals surface area contributed by atoms with E-state index in [9.17, 15) is 0 Å². The Morgan fingerprint density at radius 2 is 1.73 bits per heavy atom. The molecule has 0 aliphatic heterocycles. The zero-order valence-electron chi connectivity index (χ0n) is 14.9. The summed E-state index contributed by atoms with van der Waals surface area (Å²) < 4.78 is 0. The summed E-state index contributed by atoms with van der Waals surface area (Å²) in [6.45, 7) is 4.57. The third-order valence-corrected chi connectivity index (χ3v) is 4.41. The molecule has 0 saturated heterocycles. The summed E-state index contributed by atoms with van der Waals surface area (Å²) in [6.07, 6.45) is 2.72. The number of benzene rings is 2. The molecule has 1 aromatic heterocycles. The van der Waals surface area contributed by atoms with Gasteiger partial charge in [0.05, 0.1) is 0 Å². The van der Waals surface area contributed by atoms with Crippen molar-refractivity contribution in [2.24, 2.45) is 0 Å². The second-order valence-electron chi connectivity index (χ2n) is 6.04. The van der Waals surface area contributed by atoms with Crippen LogP contribution in [-0.2, 0) is 13.0 Å². The minimum Gasteiger partial charge on any atom is -0.370 e. The average Bonchev–Trinajstić information content (AvgIpc) is 2.69. The van der Waals surface area contributed by atoms with E-state index in [1.807, 2.05) is 36.4 Å². The van der Waals surface area contributed by atoms with Gasteiger partial charge < -0.3 is 10.2 Å². The second kappa shape index (κ2) is 9.20. The Bertz CT molecular complexity index is 806. The molecule has 0 radical (unpaired) electrons. The second-order valence-corrected chi connectivity index (χ2v) is 6.48. The van der Waals surface area contributed by atoms with Gasteiger partial charge in [0.15, 0.2) is 0 Å². The molecule has 0 fully saturated rings. The van der Waals surface area contributed by atoms with Crippen LogP contribution in [0.3, 0.4) is 0 Å². The molecular formula is C21H23ClN4. The first-order valence-electron chi connectivity index (χ1n) is 8.85. The Labute approximate surface area is 159 Å². The molecule has 3 rings (SSSR count). The molecule has 1 heterocycles. The summed E-state index contributed by atoms with van der Waals surface area (Å²) in [4.78, 5) is 11.3. The minimum atomic E-state index is 0.743. The number of halogens is 1. The van der Waals surface area contributed by atoms with Crippen LogP contribution in [-0.4, -0.2) is 23.1 Å². The number of anilines is 2. The van der Waals surface area contributed by atoms with E-state index in [0.29, 0.717) is 0 Å². The van der Waals surface area contributed by atoms with Gasteiger partial charge in [-0.2, -0.15) is 4.98 Å². The van der Waals surface area contributed by atoms with Crippen LogP contribution in [0.5, 0.6) is 0 Å². The third kappa shape index (κ3) is 5.20. The summed E-state index contributed by atoms with van der Waals surface area (Å²) >= 11 is 5.92. The number of nitrogens with zero attached hydrogens (tertiary/aromatic N) is 3. The van der Waals surface area contributed by atoms with Crippen LogP contribution < -0.4 is 10.2 Å². The molecule has 0 saturated carbocycles. The lowest BCUT2D eigenvalue weighted by atomic mass is 10.1. The van der Waals surface area contributed by atoms with Crippen molar-refractivity contribution < 1.29 is 0 Å². The smallest absolute Gasteiger partial charge is 0.227 e. The van der Waals surface area contributed by atoms with Crippen LogP contribution >= 0.6 is 11.6 Å². The molecule has 4 nitrogen and oxygen atoms in total. The lowest BCUT2D eigenvalue weighted by molar-refractivity contribution is 0.791. The van der Waals surface area contributed by atoms with Crippen molar-refractivity contribution in [3.63, 3.8) is 0 Å². The monoisotopic (exact) mass is 366 g/mol. The molecule has 3 aromatic rings. The standard InChI is InChI=1S/C21H23ClN4/c1-2-26(16-18-6-4-3-5-7-18)21-24-15-13-20(25-21)23-14-12-17-8-10-19(22)11-9-17/h3-11,13,15H,2,12,14,16H2,1H3,(H,23,24,25). The Balaban J connectivity index is 1.60. The van der Waals surface area contributed by atoms with Gasteiger partial charge >= 0.3 is 0 Å². The lowest BCUT2D eigenvalue weighted by Gasteiger charge is -2.21. The Morgan fingerprint density at radius 1 is 0.962 bits per heavy atom. The molecule has 0 bridgehead atoms. The van der Waals surface area contributed by atoms with E-state index in [4.69, 9.17) is 11.6 Å². The quantitative estimate of drug-likeness (QED) is 0.621. The maximum atomic E-state index is 5.92. The van der Waals surface area contributed by atoms with Crippen LogP contribution in [0, 0.1) is 0 Å². The van der Waals surface area contributed by atoms with Gasteiger partial charge in [-0.1, -0.05) is 54.1 Å². The first-order chi connectivity index (χ1) is 12.7. The predicted octanol–water partition coefficient (Wildman–Crippen LogP) is 4.81. The van der Waals surface area contributed by atoms with Crippen LogP contribution in [0.1, 0.15) is 18.1 Å². The molecule has 5 heteroatoms. The summed E-state index contributed by atoms with van der Waals surface area (Å²) in [5.74, 6) is 1.59. The van der Waals surface area contributed by atoms with E-state index in [1.54, 1.807) is 6.20 Å². The first-order valence-corrected chi connectivity index (χ1v) is 9.22. The normalized spacial score (nSPS) is 10.5. The summed E-state index contributed by atoms with van der Waals surface area (Å²) in [6, 6.07) is 20.2. The van der Waals surface area contributed by atoms with E-state index >= 15 is 0 Å². The third-order valence-electron chi connectivity index (χ3n) is 4.16. The Kier molecular flexibility index (Phi) is 6.45. The predicted molar refractivity (Wildman–Crippen MR) is 109 cm³/mol. The van der Waals surface area contributed by atoms with Crippen molar-refractivity contribution in [2.45, 2.75) is 19.9 Å². The van der Waals surface area contributed by atoms with Crippen molar-refractivity contribution in [1.82, 2.24) is 9.97 Å². The Hall–Kier alpha value is -2.59. The summed E-state index contributed by atoms with van der Waals surface area (Å²) in [5.41, 5.74) is 2.49. The van der Waals surface area contributed by atoms with Gasteiger partial charge in [0.1, 0.15) is 5.82 Å². The maximum Gasteiger partial charge on any atom is 0.227 e. The van der Waals surface area contributed by atoms with Gasteiger partial charge in [-0.3, -0.25) is 0 Å². The van der Waals surface area contributed by atoms with Crippen molar-refractivity contribution in [1.29, 1.82) is 0 Å². The highest BCUT2D eigenvalue weighted by Gasteiger charge is 2.09. The topological polar surface area (TPSA) is 41.1 Å². The number of nitrogens with one attached hydrogen (secondary N) is 1. The fourth-order valence-corrected chi connectivity index (χ4v) is 2.84. The van der Waals surface area contributed by atoms with E-state index in [0.717, 1.165) is 42.8 Å². The molecule has 0 spiro atoms. The first kappa shape index (κ1) is 18.2. The molecule has 26 heavy (non-hydrogen) atoms. The average molecular weight is 367 g/mol. The fraction of sp³-hybridized carbons (Fsp3) is 0.238. The molecule has 0 aliphatic carbocycles. The van der Waals surface area contributed by atoms with Gasteiger partial charge in [0.2, 0.25) is 5.95 Å². The van der Waals surface area contributed by atoms with Gasteiger partial charge in [-0.05, 0) is 42.7 Å². The molecule has 0 atom stereocenters. The van der Waals surface area contributed by atoms with Crippen LogP contribution in [0.4, 0.5) is 11.8 Å². The van der Waals surface area contributed by atoms with Crippen molar-refractivity contribution in [3.8, 4) is 0 Å². The maximum absolute atomic E-state index is 5.92. The van der Waals surface area contributed by atoms with E-state index in [1.165, 1.54) is 11.1 Å². The van der Waals surface area contributed by atoms with Crippen LogP contribution in [0.25, 0.3) is 0 Å². The molecule has 1 N–H and O–H groups in total. The molecule has 0 aliphatic rings. The zero-order chi connectivity index (χ0) is 18.2. The number of hydrogen-bond acceptors (Lipinski definition) is 4. The van der Waals surface area contributed by atoms with Crippen LogP contribution in [0.2, 0.25) is 5.02 Å². The van der Waals surface area contributed by atoms with Gasteiger partial charge in [0.25, 0.3) is 0 Å². The van der Waals surface area contributed by atoms with E-state index in [-0.39, 0.29) is 0 Å². The minimum absolute atomic E-state index is 0.743. The fourth-order valence-electron chi connectivity index (χ4n) is 2.71. The zero-order valence-corrected chi connectivity index (χ0v) is 15.7. The highest BCUT2D eigenvalue weighted by molar-refractivity contribution is 6.30. The lowest BCUT2D eigenvalue weighted by Crippen LogP contribution is -2.24. The van der Waals surface area contributed by atoms with E-state index in [2.05, 4.69) is 51.4 Å². The molecule has 134 valence electrons. The highest BCUT2D eigenvalue weighted by atomic mass is 35.5. The molecule has 0 unspecified atom stereocenters. The van der Waals surface area contributed by atoms with Gasteiger partial charge in [0, 0.05) is 30.9 Å². The Morgan fingerprint density at radius 3 is 2.46 bits per heavy atom. The van der Waals surface area contributed by atoms with Crippen molar-refractivity contribution in [3.05, 3.63) is 83.0 Å². The largest absolute Gasteiger partial charge is 0.370 e. The summed E-state index contributed by atoms with van der Waals surface area (Å²) in [5, 5.41) is 4.14. The van der Waals surface area contributed by atoms with E-state index < -0.39 is 0 Å². The molecule has 2 aromatic carbocycles. The molecule has 0 amide bonds. The number of rotatable bonds is 8. The van der Waals surface area contributed by atoms with Gasteiger partial charge in [-0.25, -0.2) is 4.98 Å². The SMILES string of the molecule is CCN(Cc1ccccc1)c1nccc(NCCc2ccc(Cl)cc2)n1. The highest BCUT2D eigenvalue weighted by Crippen LogP contribution is 2.15. The van der Waals surface area contributed by atoms with Gasteiger partial charge in [-0.15, -0.1) is 0 Å². The molecular weight excluding hydrogens is 344 g/mol. The van der Waals surface area contributed by atoms with Crippen LogP contribution in [0.15, 0.2) is 66.9 Å².